The molecule has 8 heteroatoms. The Bertz CT molecular complexity index is 1170. The number of rotatable bonds is 43. The average Bonchev–Trinajstić information content (AvgIpc) is 3.21. The molecule has 2 unspecified atom stereocenters. The van der Waals surface area contributed by atoms with E-state index < -0.39 is 18.1 Å². The van der Waals surface area contributed by atoms with Gasteiger partial charge in [-0.3, -0.25) is 9.59 Å². The number of ether oxygens (including phenoxy) is 3. The zero-order chi connectivity index (χ0) is 44.2. The van der Waals surface area contributed by atoms with E-state index in [0.29, 0.717) is 19.3 Å². The summed E-state index contributed by atoms with van der Waals surface area (Å²) in [6, 6.07) is -0.625. The predicted octanol–water partition coefficient (Wildman–Crippen LogP) is 13.8. The van der Waals surface area contributed by atoms with E-state index in [9.17, 15) is 19.5 Å². The topological polar surface area (TPSA) is 99.1 Å². The number of unbranched alkanes of at least 4 members (excludes halogenated alkanes) is 19. The Morgan fingerprint density at radius 2 is 0.900 bits per heavy atom. The number of hydrogen-bond acceptors (Lipinski definition) is 6. The first kappa shape index (κ1) is 57.0. The number of carbonyl (C=O) groups is 3. The van der Waals surface area contributed by atoms with Gasteiger partial charge in [0.1, 0.15) is 6.61 Å². The Balaban J connectivity index is 4.38. The minimum Gasteiger partial charge on any atom is -0.477 e. The number of allylic oxidation sites excluding steroid dienone is 10. The lowest BCUT2D eigenvalue weighted by Gasteiger charge is -2.31. The van der Waals surface area contributed by atoms with Crippen molar-refractivity contribution in [2.75, 3.05) is 41.0 Å². The van der Waals surface area contributed by atoms with Crippen molar-refractivity contribution >= 4 is 17.9 Å². The molecule has 0 aromatic heterocycles. The lowest BCUT2D eigenvalue weighted by atomic mass is 10.1. The zero-order valence-electron chi connectivity index (χ0n) is 39.4. The third-order valence-electron chi connectivity index (χ3n) is 10.6. The summed E-state index contributed by atoms with van der Waals surface area (Å²) >= 11 is 0. The molecule has 0 amide bonds. The fourth-order valence-electron chi connectivity index (χ4n) is 6.84. The number of carboxylic acids is 1. The van der Waals surface area contributed by atoms with E-state index in [1.807, 2.05) is 21.1 Å². The van der Waals surface area contributed by atoms with Gasteiger partial charge in [-0.05, 0) is 77.0 Å². The molecule has 346 valence electrons. The number of aliphatic carboxylic acids is 1. The van der Waals surface area contributed by atoms with Crippen molar-refractivity contribution in [2.45, 2.75) is 212 Å². The fourth-order valence-corrected chi connectivity index (χ4v) is 6.84. The first-order valence-corrected chi connectivity index (χ1v) is 24.3. The molecule has 1 N–H and O–H groups in total. The molecule has 0 rings (SSSR count). The number of quaternary nitrogens is 1. The van der Waals surface area contributed by atoms with Gasteiger partial charge >= 0.3 is 17.9 Å². The fraction of sp³-hybridized carbons (Fsp3) is 0.750. The first-order chi connectivity index (χ1) is 29.1. The highest BCUT2D eigenvalue weighted by Gasteiger charge is 2.31. The maximum absolute atomic E-state index is 12.8. The minimum absolute atomic E-state index is 0.0408. The highest BCUT2D eigenvalue weighted by molar-refractivity contribution is 5.72. The van der Waals surface area contributed by atoms with Gasteiger partial charge in [0, 0.05) is 19.3 Å². The lowest BCUT2D eigenvalue weighted by molar-refractivity contribution is -0.887. The molecule has 0 fully saturated rings. The summed E-state index contributed by atoms with van der Waals surface area (Å²) in [6.07, 6.45) is 52.7. The van der Waals surface area contributed by atoms with E-state index in [0.717, 1.165) is 44.9 Å². The third kappa shape index (κ3) is 40.4. The van der Waals surface area contributed by atoms with Gasteiger partial charge in [0.25, 0.3) is 0 Å². The average molecular weight is 843 g/mol. The number of carbonyl (C=O) groups excluding carboxylic acids is 2. The summed E-state index contributed by atoms with van der Waals surface area (Å²) in [5.74, 6) is -1.54. The van der Waals surface area contributed by atoms with Crippen LogP contribution >= 0.6 is 0 Å². The molecule has 0 saturated carbocycles. The van der Waals surface area contributed by atoms with Gasteiger partial charge in [-0.25, -0.2) is 4.79 Å². The number of nitrogens with zero attached hydrogens (tertiary/aromatic N) is 1. The quantitative estimate of drug-likeness (QED) is 0.0282. The van der Waals surface area contributed by atoms with Crippen LogP contribution in [0.1, 0.15) is 200 Å². The van der Waals surface area contributed by atoms with Gasteiger partial charge < -0.3 is 23.8 Å². The molecule has 0 heterocycles. The van der Waals surface area contributed by atoms with E-state index in [-0.39, 0.29) is 42.7 Å². The maximum atomic E-state index is 12.8. The van der Waals surface area contributed by atoms with Crippen molar-refractivity contribution in [3.05, 3.63) is 60.8 Å². The summed E-state index contributed by atoms with van der Waals surface area (Å²) in [5.41, 5.74) is 0. The van der Waals surface area contributed by atoms with Crippen LogP contribution in [0, 0.1) is 0 Å². The van der Waals surface area contributed by atoms with Crippen molar-refractivity contribution in [3.63, 3.8) is 0 Å². The predicted molar refractivity (Wildman–Crippen MR) is 252 cm³/mol. The SMILES string of the molecule is CCCCC/C=C/C/C=C/C/C=C/C/C=C/CCCC(=O)OCC(COCCC(C(=O)O)[N+](C)(C)C)OC(=O)CCCCCCCCC/C=C/CCCCCCCCCC. The smallest absolute Gasteiger partial charge is 0.362 e. The second kappa shape index (κ2) is 42.7. The maximum Gasteiger partial charge on any atom is 0.362 e. The zero-order valence-corrected chi connectivity index (χ0v) is 39.4. The van der Waals surface area contributed by atoms with Gasteiger partial charge in [-0.2, -0.15) is 0 Å². The van der Waals surface area contributed by atoms with Crippen LogP contribution in [0.15, 0.2) is 60.8 Å². The van der Waals surface area contributed by atoms with Crippen molar-refractivity contribution in [3.8, 4) is 0 Å². The van der Waals surface area contributed by atoms with Crippen molar-refractivity contribution < 1.29 is 38.2 Å². The molecule has 0 aliphatic carbocycles. The van der Waals surface area contributed by atoms with E-state index in [2.05, 4.69) is 74.6 Å². The first-order valence-electron chi connectivity index (χ1n) is 24.3. The molecular formula is C52H92NO7+. The Hall–Kier alpha value is -2.97. The Kier molecular flexibility index (Phi) is 40.6. The van der Waals surface area contributed by atoms with Crippen molar-refractivity contribution in [2.24, 2.45) is 0 Å². The highest BCUT2D eigenvalue weighted by Crippen LogP contribution is 2.14. The van der Waals surface area contributed by atoms with Crippen LogP contribution in [0.3, 0.4) is 0 Å². The molecule has 0 radical (unpaired) electrons. The highest BCUT2D eigenvalue weighted by atomic mass is 16.6. The van der Waals surface area contributed by atoms with Crippen LogP contribution in [-0.2, 0) is 28.6 Å². The monoisotopic (exact) mass is 843 g/mol. The molecule has 0 saturated heterocycles. The second-order valence-electron chi connectivity index (χ2n) is 17.4. The lowest BCUT2D eigenvalue weighted by Crippen LogP contribution is -2.50. The van der Waals surface area contributed by atoms with Gasteiger partial charge in [0.05, 0.1) is 34.4 Å². The molecule has 0 aromatic carbocycles. The van der Waals surface area contributed by atoms with Crippen LogP contribution in [0.2, 0.25) is 0 Å². The van der Waals surface area contributed by atoms with E-state index >= 15 is 0 Å². The molecule has 60 heavy (non-hydrogen) atoms. The van der Waals surface area contributed by atoms with Gasteiger partial charge in [-0.15, -0.1) is 0 Å². The van der Waals surface area contributed by atoms with E-state index in [1.165, 1.54) is 116 Å². The summed E-state index contributed by atoms with van der Waals surface area (Å²) in [6.45, 7) is 4.65. The summed E-state index contributed by atoms with van der Waals surface area (Å²) in [5, 5.41) is 9.64. The molecule has 0 aliphatic heterocycles. The Labute approximate surface area is 368 Å². The summed E-state index contributed by atoms with van der Waals surface area (Å²) < 4.78 is 17.3. The molecule has 0 aromatic rings. The molecule has 0 spiro atoms. The molecule has 2 atom stereocenters. The number of carboxylic acid groups (broad SMARTS) is 1. The Morgan fingerprint density at radius 1 is 0.500 bits per heavy atom. The van der Waals surface area contributed by atoms with E-state index in [4.69, 9.17) is 14.2 Å². The molecule has 0 bridgehead atoms. The largest absolute Gasteiger partial charge is 0.477 e. The molecule has 8 nitrogen and oxygen atoms in total. The van der Waals surface area contributed by atoms with Crippen LogP contribution in [0.25, 0.3) is 0 Å². The van der Waals surface area contributed by atoms with Crippen LogP contribution in [0.5, 0.6) is 0 Å². The molecular weight excluding hydrogens is 751 g/mol. The van der Waals surface area contributed by atoms with E-state index in [1.54, 1.807) is 0 Å². The number of esters is 2. The van der Waals surface area contributed by atoms with Gasteiger partial charge in [0.15, 0.2) is 12.1 Å². The molecule has 0 aliphatic rings. The number of hydrogen-bond donors (Lipinski definition) is 1. The minimum atomic E-state index is -0.883. The van der Waals surface area contributed by atoms with Crippen molar-refractivity contribution in [1.82, 2.24) is 0 Å². The van der Waals surface area contributed by atoms with Crippen LogP contribution < -0.4 is 0 Å². The Morgan fingerprint density at radius 3 is 1.40 bits per heavy atom. The van der Waals surface area contributed by atoms with Crippen LogP contribution in [-0.4, -0.2) is 80.6 Å². The van der Waals surface area contributed by atoms with Gasteiger partial charge in [-0.1, -0.05) is 164 Å². The van der Waals surface area contributed by atoms with Crippen molar-refractivity contribution in [1.29, 1.82) is 0 Å². The van der Waals surface area contributed by atoms with Crippen LogP contribution in [0.4, 0.5) is 0 Å². The summed E-state index contributed by atoms with van der Waals surface area (Å²) in [4.78, 5) is 37.1. The normalized spacial score (nSPS) is 13.4. The number of likely N-dealkylation sites (N-methyl/N-ethyl adjacent to an activating group) is 1. The second-order valence-corrected chi connectivity index (χ2v) is 17.4. The summed E-state index contributed by atoms with van der Waals surface area (Å²) in [7, 11) is 5.51. The van der Waals surface area contributed by atoms with Gasteiger partial charge in [0.2, 0.25) is 0 Å². The standard InChI is InChI=1S/C52H91NO7/c1-6-8-10-12-14-16-18-20-22-24-25-27-29-31-33-35-37-39-41-43-51(55)60-48(46-58-45-44-49(52(56)57)53(3,4)5)47-59-50(54)42-40-38-36-34-32-30-28-26-23-21-19-17-15-13-11-9-7-2/h15,17,21,23-25,28,30,34,36,48-49H,6-14,16,18-20,22,26-27,29,31-33,35,37-47H2,1-5H3/p+1/b17-15+,23-21+,25-24+,30-28+,36-34+. The third-order valence-corrected chi connectivity index (χ3v) is 10.6.